The molecule has 2 aliphatic rings. The smallest absolute Gasteiger partial charge is 0.253 e. The minimum absolute atomic E-state index is 0.141. The zero-order valence-corrected chi connectivity index (χ0v) is 15.9. The van der Waals surface area contributed by atoms with Crippen molar-refractivity contribution in [1.82, 2.24) is 9.80 Å². The predicted molar refractivity (Wildman–Crippen MR) is 112 cm³/mol. The second-order valence-electron chi connectivity index (χ2n) is 7.70. The van der Waals surface area contributed by atoms with E-state index in [1.54, 1.807) is 0 Å². The van der Waals surface area contributed by atoms with E-state index in [0.717, 1.165) is 43.7 Å². The van der Waals surface area contributed by atoms with Crippen LogP contribution in [0.25, 0.3) is 11.1 Å². The summed E-state index contributed by atoms with van der Waals surface area (Å²) in [6.07, 6.45) is 1.11. The summed E-state index contributed by atoms with van der Waals surface area (Å²) in [5, 5.41) is 0. The third kappa shape index (κ3) is 3.12. The van der Waals surface area contributed by atoms with E-state index in [2.05, 4.69) is 53.4 Å². The second kappa shape index (κ2) is 7.25. The summed E-state index contributed by atoms with van der Waals surface area (Å²) in [7, 11) is 0. The van der Waals surface area contributed by atoms with Gasteiger partial charge in [0.1, 0.15) is 0 Å². The molecule has 28 heavy (non-hydrogen) atoms. The van der Waals surface area contributed by atoms with Crippen molar-refractivity contribution < 1.29 is 4.79 Å². The Kier molecular flexibility index (Phi) is 4.46. The molecular formula is C25H24N2O. The summed E-state index contributed by atoms with van der Waals surface area (Å²) in [5.41, 5.74) is 5.92. The number of piperazine rings is 1. The van der Waals surface area contributed by atoms with Crippen LogP contribution in [0.15, 0.2) is 78.9 Å². The third-order valence-corrected chi connectivity index (χ3v) is 6.10. The Hall–Kier alpha value is -2.91. The molecule has 0 aliphatic carbocycles. The van der Waals surface area contributed by atoms with Gasteiger partial charge in [0, 0.05) is 31.7 Å². The van der Waals surface area contributed by atoms with Crippen LogP contribution in [0.2, 0.25) is 0 Å². The molecule has 5 rings (SSSR count). The maximum Gasteiger partial charge on any atom is 0.253 e. The minimum Gasteiger partial charge on any atom is -0.335 e. The molecule has 0 radical (unpaired) electrons. The number of hydrogen-bond acceptors (Lipinski definition) is 2. The normalized spacial score (nSPS) is 19.0. The fourth-order valence-corrected chi connectivity index (χ4v) is 4.54. The first-order valence-corrected chi connectivity index (χ1v) is 10.1. The van der Waals surface area contributed by atoms with Crippen LogP contribution in [0.1, 0.15) is 27.5 Å². The highest BCUT2D eigenvalue weighted by Gasteiger charge is 2.34. The first-order chi connectivity index (χ1) is 13.8. The highest BCUT2D eigenvalue weighted by molar-refractivity contribution is 5.94. The van der Waals surface area contributed by atoms with Gasteiger partial charge < -0.3 is 4.90 Å². The average molecular weight is 368 g/mol. The maximum atomic E-state index is 13.1. The van der Waals surface area contributed by atoms with Crippen molar-refractivity contribution in [3.05, 3.63) is 95.6 Å². The third-order valence-electron chi connectivity index (χ3n) is 6.10. The van der Waals surface area contributed by atoms with Crippen molar-refractivity contribution in [2.75, 3.05) is 26.2 Å². The van der Waals surface area contributed by atoms with Gasteiger partial charge in [-0.15, -0.1) is 0 Å². The molecule has 0 bridgehead atoms. The number of benzene rings is 3. The van der Waals surface area contributed by atoms with E-state index in [0.29, 0.717) is 6.04 Å². The Morgan fingerprint density at radius 2 is 1.46 bits per heavy atom. The molecule has 3 aromatic rings. The lowest BCUT2D eigenvalue weighted by Gasteiger charge is -2.44. The first kappa shape index (κ1) is 17.2. The quantitative estimate of drug-likeness (QED) is 0.669. The molecule has 140 valence electrons. The summed E-state index contributed by atoms with van der Waals surface area (Å²) < 4.78 is 0. The standard InChI is InChI=1S/C25H24N2O/c28-25(22-12-10-20(11-13-22)19-6-2-1-3-7-19)27-17-16-26-15-14-21-8-4-5-9-23(21)24(26)18-27/h1-13,24H,14-18H2. The predicted octanol–water partition coefficient (Wildman–Crippen LogP) is 4.41. The molecular weight excluding hydrogens is 344 g/mol. The fourth-order valence-electron chi connectivity index (χ4n) is 4.54. The number of carbonyl (C=O) groups excluding carboxylic acids is 1. The number of hydrogen-bond donors (Lipinski definition) is 0. The zero-order valence-electron chi connectivity index (χ0n) is 15.9. The van der Waals surface area contributed by atoms with E-state index in [1.165, 1.54) is 16.7 Å². The van der Waals surface area contributed by atoms with Crippen molar-refractivity contribution >= 4 is 5.91 Å². The van der Waals surface area contributed by atoms with Crippen molar-refractivity contribution in [3.8, 4) is 11.1 Å². The van der Waals surface area contributed by atoms with Crippen LogP contribution < -0.4 is 0 Å². The molecule has 2 aliphatic heterocycles. The number of amides is 1. The monoisotopic (exact) mass is 368 g/mol. The molecule has 2 heterocycles. The largest absolute Gasteiger partial charge is 0.335 e. The molecule has 0 saturated carbocycles. The lowest BCUT2D eigenvalue weighted by Crippen LogP contribution is -2.52. The fraction of sp³-hybridized carbons (Fsp3) is 0.240. The topological polar surface area (TPSA) is 23.6 Å². The van der Waals surface area contributed by atoms with Gasteiger partial charge in [-0.3, -0.25) is 9.69 Å². The molecule has 3 nitrogen and oxygen atoms in total. The van der Waals surface area contributed by atoms with E-state index in [-0.39, 0.29) is 5.91 Å². The summed E-state index contributed by atoms with van der Waals surface area (Å²) in [4.78, 5) is 17.7. The molecule has 1 amide bonds. The van der Waals surface area contributed by atoms with Crippen LogP contribution in [-0.4, -0.2) is 41.9 Å². The van der Waals surface area contributed by atoms with Gasteiger partial charge in [-0.05, 0) is 40.8 Å². The summed E-state index contributed by atoms with van der Waals surface area (Å²) in [6, 6.07) is 27.3. The highest BCUT2D eigenvalue weighted by Crippen LogP contribution is 2.33. The van der Waals surface area contributed by atoms with Gasteiger partial charge in [-0.1, -0.05) is 66.7 Å². The molecule has 1 atom stereocenters. The van der Waals surface area contributed by atoms with Crippen molar-refractivity contribution in [2.24, 2.45) is 0 Å². The van der Waals surface area contributed by atoms with Crippen molar-refractivity contribution in [2.45, 2.75) is 12.5 Å². The van der Waals surface area contributed by atoms with Crippen LogP contribution in [0, 0.1) is 0 Å². The van der Waals surface area contributed by atoms with Gasteiger partial charge in [0.25, 0.3) is 5.91 Å². The van der Waals surface area contributed by atoms with Crippen molar-refractivity contribution in [3.63, 3.8) is 0 Å². The number of fused-ring (bicyclic) bond motifs is 3. The summed E-state index contributed by atoms with van der Waals surface area (Å²) in [6.45, 7) is 3.62. The molecule has 0 spiro atoms. The SMILES string of the molecule is O=C(c1ccc(-c2ccccc2)cc1)N1CCN2CCc3ccccc3C2C1. The number of rotatable bonds is 2. The molecule has 1 fully saturated rings. The van der Waals surface area contributed by atoms with Gasteiger partial charge in [-0.25, -0.2) is 0 Å². The molecule has 0 aromatic heterocycles. The van der Waals surface area contributed by atoms with Gasteiger partial charge in [-0.2, -0.15) is 0 Å². The minimum atomic E-state index is 0.141. The van der Waals surface area contributed by atoms with Gasteiger partial charge >= 0.3 is 0 Å². The van der Waals surface area contributed by atoms with E-state index < -0.39 is 0 Å². The molecule has 3 aromatic carbocycles. The Balaban J connectivity index is 1.35. The van der Waals surface area contributed by atoms with E-state index >= 15 is 0 Å². The molecule has 1 unspecified atom stereocenters. The molecule has 3 heteroatoms. The Bertz CT molecular complexity index is 981. The van der Waals surface area contributed by atoms with Gasteiger partial charge in [0.05, 0.1) is 6.04 Å². The second-order valence-corrected chi connectivity index (χ2v) is 7.70. The maximum absolute atomic E-state index is 13.1. The highest BCUT2D eigenvalue weighted by atomic mass is 16.2. The molecule has 1 saturated heterocycles. The van der Waals surface area contributed by atoms with Crippen LogP contribution in [-0.2, 0) is 6.42 Å². The first-order valence-electron chi connectivity index (χ1n) is 10.1. The molecule has 0 N–H and O–H groups in total. The van der Waals surface area contributed by atoms with Crippen molar-refractivity contribution in [1.29, 1.82) is 0 Å². The lowest BCUT2D eigenvalue weighted by atomic mass is 9.91. The Labute approximate surface area is 166 Å². The van der Waals surface area contributed by atoms with E-state index in [9.17, 15) is 4.79 Å². The van der Waals surface area contributed by atoms with Gasteiger partial charge in [0.15, 0.2) is 0 Å². The summed E-state index contributed by atoms with van der Waals surface area (Å²) >= 11 is 0. The summed E-state index contributed by atoms with van der Waals surface area (Å²) in [5.74, 6) is 0.141. The van der Waals surface area contributed by atoms with E-state index in [4.69, 9.17) is 0 Å². The van der Waals surface area contributed by atoms with Crippen LogP contribution in [0.4, 0.5) is 0 Å². The van der Waals surface area contributed by atoms with Crippen LogP contribution in [0.3, 0.4) is 0 Å². The van der Waals surface area contributed by atoms with Crippen LogP contribution in [0.5, 0.6) is 0 Å². The Morgan fingerprint density at radius 3 is 2.29 bits per heavy atom. The average Bonchev–Trinajstić information content (AvgIpc) is 2.79. The van der Waals surface area contributed by atoms with Crippen LogP contribution >= 0.6 is 0 Å². The lowest BCUT2D eigenvalue weighted by molar-refractivity contribution is 0.0453. The number of carbonyl (C=O) groups is 1. The van der Waals surface area contributed by atoms with E-state index in [1.807, 2.05) is 35.2 Å². The van der Waals surface area contributed by atoms with Gasteiger partial charge in [0.2, 0.25) is 0 Å². The number of nitrogens with zero attached hydrogens (tertiary/aromatic N) is 2. The Morgan fingerprint density at radius 1 is 0.750 bits per heavy atom. The zero-order chi connectivity index (χ0) is 18.9.